The summed E-state index contributed by atoms with van der Waals surface area (Å²) >= 11 is 4.54. The number of carbonyl (C=O) groups is 1. The molecule has 0 aromatic carbocycles. The highest BCUT2D eigenvalue weighted by atomic mass is 35.5. The van der Waals surface area contributed by atoms with Crippen molar-refractivity contribution in [2.45, 2.75) is 18.9 Å². The molecule has 0 N–H and O–H groups in total. The first-order valence-corrected chi connectivity index (χ1v) is 3.96. The van der Waals surface area contributed by atoms with Gasteiger partial charge in [-0.1, -0.05) is 0 Å². The monoisotopic (exact) mass is 208 g/mol. The van der Waals surface area contributed by atoms with E-state index in [-0.39, 0.29) is 5.69 Å². The summed E-state index contributed by atoms with van der Waals surface area (Å²) in [5.74, 6) is -1.47. The van der Waals surface area contributed by atoms with Crippen molar-refractivity contribution in [1.29, 1.82) is 0 Å². The van der Waals surface area contributed by atoms with Crippen molar-refractivity contribution in [3.05, 3.63) is 18.2 Å². The normalized spacial score (nSPS) is 11.7. The van der Waals surface area contributed by atoms with Crippen LogP contribution in [0.15, 0.2) is 12.5 Å². The average molecular weight is 209 g/mol. The molecule has 0 amide bonds. The number of alkyl halides is 3. The summed E-state index contributed by atoms with van der Waals surface area (Å²) in [4.78, 5) is 14.3. The van der Waals surface area contributed by atoms with E-state index in [9.17, 15) is 13.6 Å². The Hall–Kier alpha value is -0.970. The number of nitrogens with zero attached hydrogens (tertiary/aromatic N) is 2. The maximum absolute atomic E-state index is 12.3. The standard InChI is InChI=1S/C7H7ClF2N2O/c1-2-12-3-5(11-4-12)6(13)7(8,9)10/h3-4H,2H2,1H3. The second kappa shape index (κ2) is 3.41. The van der Waals surface area contributed by atoms with Gasteiger partial charge in [-0.3, -0.25) is 4.79 Å². The van der Waals surface area contributed by atoms with Gasteiger partial charge in [-0.25, -0.2) is 4.98 Å². The summed E-state index contributed by atoms with van der Waals surface area (Å²) in [6.07, 6.45) is 2.54. The second-order valence-electron chi connectivity index (χ2n) is 2.42. The van der Waals surface area contributed by atoms with E-state index in [4.69, 9.17) is 0 Å². The molecular weight excluding hydrogens is 202 g/mol. The van der Waals surface area contributed by atoms with Crippen molar-refractivity contribution in [2.75, 3.05) is 0 Å². The number of rotatable bonds is 3. The minimum Gasteiger partial charge on any atom is -0.337 e. The first kappa shape index (κ1) is 10.1. The van der Waals surface area contributed by atoms with Crippen molar-refractivity contribution < 1.29 is 13.6 Å². The minimum atomic E-state index is -3.87. The molecule has 0 radical (unpaired) electrons. The third-order valence-corrected chi connectivity index (χ3v) is 1.66. The molecule has 0 aliphatic rings. The fourth-order valence-corrected chi connectivity index (χ4v) is 0.892. The van der Waals surface area contributed by atoms with E-state index in [1.54, 1.807) is 6.92 Å². The van der Waals surface area contributed by atoms with Crippen LogP contribution in [0.1, 0.15) is 17.4 Å². The fourth-order valence-electron chi connectivity index (χ4n) is 0.796. The summed E-state index contributed by atoms with van der Waals surface area (Å²) in [5.41, 5.74) is -0.318. The summed E-state index contributed by atoms with van der Waals surface area (Å²) in [5, 5.41) is -3.87. The summed E-state index contributed by atoms with van der Waals surface area (Å²) in [7, 11) is 0. The number of aromatic nitrogens is 2. The number of hydrogen-bond acceptors (Lipinski definition) is 2. The number of aryl methyl sites for hydroxylation is 1. The predicted molar refractivity (Wildman–Crippen MR) is 43.0 cm³/mol. The largest absolute Gasteiger partial charge is 0.386 e. The third kappa shape index (κ3) is 2.24. The highest BCUT2D eigenvalue weighted by molar-refractivity contribution is 6.35. The van der Waals surface area contributed by atoms with Gasteiger partial charge < -0.3 is 4.57 Å². The van der Waals surface area contributed by atoms with E-state index < -0.39 is 11.2 Å². The Kier molecular flexibility index (Phi) is 2.66. The molecule has 1 aromatic heterocycles. The molecule has 13 heavy (non-hydrogen) atoms. The molecule has 1 heterocycles. The maximum Gasteiger partial charge on any atom is 0.386 e. The number of carbonyl (C=O) groups excluding carboxylic acids is 1. The number of hydrogen-bond donors (Lipinski definition) is 0. The Bertz CT molecular complexity index is 319. The number of halogens is 3. The molecule has 1 rings (SSSR count). The lowest BCUT2D eigenvalue weighted by molar-refractivity contribution is 0.0531. The van der Waals surface area contributed by atoms with Gasteiger partial charge in [0.2, 0.25) is 0 Å². The lowest BCUT2D eigenvalue weighted by Gasteiger charge is -2.02. The second-order valence-corrected chi connectivity index (χ2v) is 2.89. The Morgan fingerprint density at radius 2 is 2.38 bits per heavy atom. The molecular formula is C7H7ClF2N2O. The molecule has 0 saturated carbocycles. The molecule has 3 nitrogen and oxygen atoms in total. The molecule has 0 spiro atoms. The number of ketones is 1. The molecule has 0 bridgehead atoms. The Morgan fingerprint density at radius 3 is 2.77 bits per heavy atom. The minimum absolute atomic E-state index is 0.318. The van der Waals surface area contributed by atoms with Gasteiger partial charge in [0.15, 0.2) is 0 Å². The smallest absolute Gasteiger partial charge is 0.337 e. The van der Waals surface area contributed by atoms with Gasteiger partial charge in [0.25, 0.3) is 5.78 Å². The van der Waals surface area contributed by atoms with E-state index in [1.807, 2.05) is 0 Å². The lowest BCUT2D eigenvalue weighted by Crippen LogP contribution is -2.21. The van der Waals surface area contributed by atoms with Gasteiger partial charge in [-0.05, 0) is 18.5 Å². The van der Waals surface area contributed by atoms with Crippen LogP contribution < -0.4 is 0 Å². The van der Waals surface area contributed by atoms with Crippen LogP contribution in [0.3, 0.4) is 0 Å². The van der Waals surface area contributed by atoms with Crippen molar-refractivity contribution in [2.24, 2.45) is 0 Å². The van der Waals surface area contributed by atoms with Crippen molar-refractivity contribution >= 4 is 17.4 Å². The van der Waals surface area contributed by atoms with Crippen molar-refractivity contribution in [3.63, 3.8) is 0 Å². The van der Waals surface area contributed by atoms with Crippen molar-refractivity contribution in [3.8, 4) is 0 Å². The van der Waals surface area contributed by atoms with E-state index >= 15 is 0 Å². The Balaban J connectivity index is 2.90. The molecule has 0 unspecified atom stereocenters. The first-order valence-electron chi connectivity index (χ1n) is 3.58. The van der Waals surface area contributed by atoms with Crippen LogP contribution in [0, 0.1) is 0 Å². The van der Waals surface area contributed by atoms with Crippen molar-refractivity contribution in [1.82, 2.24) is 9.55 Å². The molecule has 1 aromatic rings. The van der Waals surface area contributed by atoms with Crippen LogP contribution in [0.2, 0.25) is 0 Å². The summed E-state index contributed by atoms with van der Waals surface area (Å²) < 4.78 is 26.1. The van der Waals surface area contributed by atoms with Gasteiger partial charge in [0.1, 0.15) is 5.69 Å². The quantitative estimate of drug-likeness (QED) is 0.562. The highest BCUT2D eigenvalue weighted by Crippen LogP contribution is 2.23. The Labute approximate surface area is 78.3 Å². The van der Waals surface area contributed by atoms with Gasteiger partial charge >= 0.3 is 5.38 Å². The molecule has 72 valence electrons. The van der Waals surface area contributed by atoms with E-state index in [0.717, 1.165) is 0 Å². The van der Waals surface area contributed by atoms with Crippen LogP contribution in [0.4, 0.5) is 8.78 Å². The van der Waals surface area contributed by atoms with E-state index in [1.165, 1.54) is 17.1 Å². The van der Waals surface area contributed by atoms with E-state index in [0.29, 0.717) is 6.54 Å². The summed E-state index contributed by atoms with van der Waals surface area (Å²) in [6.45, 7) is 2.36. The molecule has 0 fully saturated rings. The molecule has 0 aliphatic heterocycles. The summed E-state index contributed by atoms with van der Waals surface area (Å²) in [6, 6.07) is 0. The lowest BCUT2D eigenvalue weighted by atomic mass is 10.3. The Morgan fingerprint density at radius 1 is 1.77 bits per heavy atom. The molecule has 6 heteroatoms. The zero-order valence-corrected chi connectivity index (χ0v) is 7.55. The first-order chi connectivity index (χ1) is 5.95. The predicted octanol–water partition coefficient (Wildman–Crippen LogP) is 1.92. The topological polar surface area (TPSA) is 34.9 Å². The molecule has 0 atom stereocenters. The van der Waals surface area contributed by atoms with Crippen LogP contribution >= 0.6 is 11.6 Å². The van der Waals surface area contributed by atoms with Crippen LogP contribution in [-0.2, 0) is 6.54 Å². The average Bonchev–Trinajstić information content (AvgIpc) is 2.48. The number of Topliss-reactive ketones (excluding diaryl/α,β-unsaturated/α-hetero) is 1. The van der Waals surface area contributed by atoms with Crippen LogP contribution in [0.25, 0.3) is 0 Å². The van der Waals surface area contributed by atoms with E-state index in [2.05, 4.69) is 16.6 Å². The van der Waals surface area contributed by atoms with Gasteiger partial charge in [-0.2, -0.15) is 8.78 Å². The highest BCUT2D eigenvalue weighted by Gasteiger charge is 2.37. The van der Waals surface area contributed by atoms with Gasteiger partial charge in [-0.15, -0.1) is 0 Å². The zero-order valence-electron chi connectivity index (χ0n) is 6.80. The fraction of sp³-hybridized carbons (Fsp3) is 0.429. The maximum atomic E-state index is 12.3. The van der Waals surface area contributed by atoms with Crippen LogP contribution in [-0.4, -0.2) is 20.7 Å². The number of imidazole rings is 1. The molecule has 0 saturated heterocycles. The van der Waals surface area contributed by atoms with Gasteiger partial charge in [0.05, 0.1) is 6.33 Å². The SMILES string of the molecule is CCn1cnc(C(=O)C(F)(F)Cl)c1. The zero-order chi connectivity index (χ0) is 10.1. The van der Waals surface area contributed by atoms with Crippen LogP contribution in [0.5, 0.6) is 0 Å². The third-order valence-electron chi connectivity index (χ3n) is 1.49. The van der Waals surface area contributed by atoms with Gasteiger partial charge in [0, 0.05) is 12.7 Å². The molecule has 0 aliphatic carbocycles.